The zero-order valence-corrected chi connectivity index (χ0v) is 24.7. The van der Waals surface area contributed by atoms with Crippen LogP contribution in [0.15, 0.2) is 71.6 Å². The number of thiocarbonyl (C=S) groups is 1. The molecule has 0 aromatic heterocycles. The third-order valence-corrected chi connectivity index (χ3v) is 8.59. The number of rotatable bonds is 11. The van der Waals surface area contributed by atoms with Gasteiger partial charge in [0, 0.05) is 31.7 Å². The summed E-state index contributed by atoms with van der Waals surface area (Å²) in [6, 6.07) is 20.2. The van der Waals surface area contributed by atoms with Crippen molar-refractivity contribution in [2.75, 3.05) is 46.0 Å². The van der Waals surface area contributed by atoms with Gasteiger partial charge < -0.3 is 19.7 Å². The van der Waals surface area contributed by atoms with Gasteiger partial charge in [-0.25, -0.2) is 4.79 Å². The molecule has 0 aliphatic carbocycles. The molecule has 1 amide bonds. The van der Waals surface area contributed by atoms with Gasteiger partial charge in [0.25, 0.3) is 5.91 Å². The first-order valence-corrected chi connectivity index (χ1v) is 15.0. The van der Waals surface area contributed by atoms with E-state index >= 15 is 0 Å². The fourth-order valence-corrected chi connectivity index (χ4v) is 6.10. The van der Waals surface area contributed by atoms with E-state index in [4.69, 9.17) is 26.8 Å². The lowest BCUT2D eigenvalue weighted by Gasteiger charge is -2.26. The third kappa shape index (κ3) is 7.45. The fourth-order valence-electron chi connectivity index (χ4n) is 4.79. The van der Waals surface area contributed by atoms with E-state index in [0.717, 1.165) is 66.4 Å². The van der Waals surface area contributed by atoms with Crippen molar-refractivity contribution in [1.82, 2.24) is 9.80 Å². The van der Waals surface area contributed by atoms with Crippen LogP contribution in [-0.2, 0) is 22.6 Å². The van der Waals surface area contributed by atoms with Crippen molar-refractivity contribution >= 4 is 46.3 Å². The number of thioether (sulfide) groups is 1. The summed E-state index contributed by atoms with van der Waals surface area (Å²) >= 11 is 6.80. The van der Waals surface area contributed by atoms with Gasteiger partial charge in [-0.05, 0) is 59.0 Å². The molecule has 0 unspecified atom stereocenters. The summed E-state index contributed by atoms with van der Waals surface area (Å²) in [7, 11) is 0. The van der Waals surface area contributed by atoms with Crippen molar-refractivity contribution < 1.29 is 29.3 Å². The number of aromatic carboxylic acids is 1. The molecule has 0 bridgehead atoms. The molecule has 0 saturated carbocycles. The number of nitrogens with zero attached hydrogens (tertiary/aromatic N) is 2. The fraction of sp³-hybridized carbons (Fsp3) is 0.281. The number of carbonyl (C=O) groups excluding carboxylic acids is 1. The molecular formula is C32H32N2O6S2. The number of aliphatic hydroxyl groups excluding tert-OH is 1. The van der Waals surface area contributed by atoms with Crippen LogP contribution in [-0.4, -0.2) is 82.2 Å². The Morgan fingerprint density at radius 3 is 2.40 bits per heavy atom. The smallest absolute Gasteiger partial charge is 0.335 e. The van der Waals surface area contributed by atoms with Crippen LogP contribution in [0.1, 0.15) is 27.0 Å². The lowest BCUT2D eigenvalue weighted by molar-refractivity contribution is -0.122. The maximum atomic E-state index is 13.3. The molecule has 8 nitrogen and oxygen atoms in total. The van der Waals surface area contributed by atoms with E-state index in [1.54, 1.807) is 29.2 Å². The Labute approximate surface area is 254 Å². The molecule has 218 valence electrons. The highest BCUT2D eigenvalue weighted by molar-refractivity contribution is 8.26. The molecule has 2 aliphatic rings. The normalized spacial score (nSPS) is 16.8. The van der Waals surface area contributed by atoms with Gasteiger partial charge in [0.05, 0.1) is 30.3 Å². The topological polar surface area (TPSA) is 99.5 Å². The Kier molecular flexibility index (Phi) is 10.0. The highest BCUT2D eigenvalue weighted by Gasteiger charge is 2.31. The van der Waals surface area contributed by atoms with E-state index in [0.29, 0.717) is 28.8 Å². The zero-order valence-electron chi connectivity index (χ0n) is 23.0. The van der Waals surface area contributed by atoms with E-state index in [9.17, 15) is 14.7 Å². The number of aliphatic hydroxyl groups is 1. The average molecular weight is 605 g/mol. The molecule has 3 aromatic rings. The zero-order chi connectivity index (χ0) is 29.5. The van der Waals surface area contributed by atoms with Crippen LogP contribution in [0.3, 0.4) is 0 Å². The molecule has 2 saturated heterocycles. The lowest BCUT2D eigenvalue weighted by atomic mass is 10.0. The van der Waals surface area contributed by atoms with Crippen molar-refractivity contribution in [2.24, 2.45) is 0 Å². The highest BCUT2D eigenvalue weighted by Crippen LogP contribution is 2.36. The molecular weight excluding hydrogens is 572 g/mol. The van der Waals surface area contributed by atoms with Crippen LogP contribution >= 0.6 is 24.0 Å². The van der Waals surface area contributed by atoms with E-state index in [1.165, 1.54) is 11.8 Å². The van der Waals surface area contributed by atoms with Crippen molar-refractivity contribution in [3.63, 3.8) is 0 Å². The van der Waals surface area contributed by atoms with Crippen molar-refractivity contribution in [2.45, 2.75) is 13.0 Å². The summed E-state index contributed by atoms with van der Waals surface area (Å²) in [6.07, 6.45) is 2.41. The number of hydrogen-bond acceptors (Lipinski definition) is 8. The molecule has 2 fully saturated rings. The van der Waals surface area contributed by atoms with Gasteiger partial charge in [0.1, 0.15) is 16.7 Å². The quantitative estimate of drug-likeness (QED) is 0.238. The summed E-state index contributed by atoms with van der Waals surface area (Å²) in [5, 5.41) is 18.6. The predicted octanol–water partition coefficient (Wildman–Crippen LogP) is 4.70. The SMILES string of the molecule is O=C(O)c1ccc(CCN2C(=O)/C(=C/c3ccc(OCCN4CCOCC4)c(-c4ccc(CO)cc4)c3)SC2=S)cc1. The van der Waals surface area contributed by atoms with Gasteiger partial charge in [0.2, 0.25) is 0 Å². The first-order valence-electron chi connectivity index (χ1n) is 13.8. The second-order valence-electron chi connectivity index (χ2n) is 10.00. The monoisotopic (exact) mass is 604 g/mol. The Balaban J connectivity index is 1.31. The largest absolute Gasteiger partial charge is 0.492 e. The summed E-state index contributed by atoms with van der Waals surface area (Å²) < 4.78 is 12.2. The van der Waals surface area contributed by atoms with Crippen molar-refractivity contribution in [1.29, 1.82) is 0 Å². The molecule has 42 heavy (non-hydrogen) atoms. The van der Waals surface area contributed by atoms with Crippen LogP contribution in [0, 0.1) is 0 Å². The van der Waals surface area contributed by atoms with Gasteiger partial charge in [-0.2, -0.15) is 0 Å². The number of carboxylic acid groups (broad SMARTS) is 1. The van der Waals surface area contributed by atoms with Crippen LogP contribution in [0.2, 0.25) is 0 Å². The number of ether oxygens (including phenoxy) is 2. The molecule has 5 rings (SSSR count). The maximum Gasteiger partial charge on any atom is 0.335 e. The summed E-state index contributed by atoms with van der Waals surface area (Å²) in [4.78, 5) is 28.8. The molecule has 0 radical (unpaired) electrons. The minimum absolute atomic E-state index is 0.0291. The van der Waals surface area contributed by atoms with Crippen LogP contribution in [0.5, 0.6) is 5.75 Å². The first kappa shape index (κ1) is 29.9. The average Bonchev–Trinajstić information content (AvgIpc) is 3.28. The number of carbonyl (C=O) groups is 2. The minimum atomic E-state index is -0.971. The van der Waals surface area contributed by atoms with E-state index in [-0.39, 0.29) is 18.1 Å². The lowest BCUT2D eigenvalue weighted by Crippen LogP contribution is -2.38. The molecule has 0 atom stereocenters. The van der Waals surface area contributed by atoms with E-state index in [1.807, 2.05) is 48.5 Å². The third-order valence-electron chi connectivity index (χ3n) is 7.22. The van der Waals surface area contributed by atoms with E-state index in [2.05, 4.69) is 4.90 Å². The van der Waals surface area contributed by atoms with Crippen LogP contribution < -0.4 is 4.74 Å². The molecule has 2 aliphatic heterocycles. The minimum Gasteiger partial charge on any atom is -0.492 e. The first-order chi connectivity index (χ1) is 20.4. The van der Waals surface area contributed by atoms with E-state index < -0.39 is 5.97 Å². The van der Waals surface area contributed by atoms with Gasteiger partial charge in [-0.15, -0.1) is 0 Å². The Morgan fingerprint density at radius 1 is 1.00 bits per heavy atom. The maximum absolute atomic E-state index is 13.3. The second-order valence-corrected chi connectivity index (χ2v) is 11.7. The standard InChI is InChI=1S/C32H32N2O6S2/c35-21-23-3-6-25(7-4-23)27-19-24(5-10-28(27)40-18-15-33-13-16-39-17-14-33)20-29-30(36)34(32(41)42-29)12-11-22-1-8-26(9-2-22)31(37)38/h1-10,19-20,35H,11-18,21H2,(H,37,38)/b29-20-. The highest BCUT2D eigenvalue weighted by atomic mass is 32.2. The van der Waals surface area contributed by atoms with Gasteiger partial charge >= 0.3 is 5.97 Å². The van der Waals surface area contributed by atoms with Crippen LogP contribution in [0.25, 0.3) is 17.2 Å². The van der Waals surface area contributed by atoms with Gasteiger partial charge in [0.15, 0.2) is 0 Å². The Morgan fingerprint density at radius 2 is 1.71 bits per heavy atom. The molecule has 10 heteroatoms. The second kappa shape index (κ2) is 14.1. The summed E-state index contributed by atoms with van der Waals surface area (Å²) in [5.41, 5.74) is 4.68. The van der Waals surface area contributed by atoms with Crippen molar-refractivity contribution in [3.8, 4) is 16.9 Å². The number of benzene rings is 3. The van der Waals surface area contributed by atoms with Crippen LogP contribution in [0.4, 0.5) is 0 Å². The number of morpholine rings is 1. The van der Waals surface area contributed by atoms with Gasteiger partial charge in [-0.3, -0.25) is 14.6 Å². The predicted molar refractivity (Wildman–Crippen MR) is 168 cm³/mol. The Bertz CT molecular complexity index is 1470. The Hall–Kier alpha value is -3.54. The van der Waals surface area contributed by atoms with Gasteiger partial charge in [-0.1, -0.05) is 66.4 Å². The molecule has 2 heterocycles. The number of hydrogen-bond donors (Lipinski definition) is 2. The summed E-state index contributed by atoms with van der Waals surface area (Å²) in [6.45, 7) is 5.00. The molecule has 2 N–H and O–H groups in total. The molecule has 3 aromatic carbocycles. The summed E-state index contributed by atoms with van der Waals surface area (Å²) in [5.74, 6) is -0.369. The van der Waals surface area contributed by atoms with Crippen molar-refractivity contribution in [3.05, 3.63) is 93.9 Å². The number of amides is 1. The number of carboxylic acids is 1. The molecule has 0 spiro atoms.